The minimum atomic E-state index is -2.84. The number of benzene rings is 1. The first-order valence-corrected chi connectivity index (χ1v) is 18.6. The van der Waals surface area contributed by atoms with Crippen molar-refractivity contribution in [1.29, 1.82) is 0 Å². The first-order valence-electron chi connectivity index (χ1n) is 18.6. The van der Waals surface area contributed by atoms with Crippen molar-refractivity contribution < 1.29 is 23.2 Å². The van der Waals surface area contributed by atoms with Gasteiger partial charge >= 0.3 is 5.69 Å². The van der Waals surface area contributed by atoms with E-state index < -0.39 is 30.0 Å². The summed E-state index contributed by atoms with van der Waals surface area (Å²) >= 11 is 0. The molecule has 17 heteroatoms. The molecule has 55 heavy (non-hydrogen) atoms. The van der Waals surface area contributed by atoms with Crippen molar-refractivity contribution in [2.24, 2.45) is 13.0 Å². The lowest BCUT2D eigenvalue weighted by molar-refractivity contribution is -0.135. The first kappa shape index (κ1) is 36.3. The maximum atomic E-state index is 14.0. The van der Waals surface area contributed by atoms with Gasteiger partial charge in [-0.25, -0.2) is 23.1 Å². The zero-order chi connectivity index (χ0) is 38.2. The molecule has 6 heterocycles. The number of carbonyl (C=O) groups is 3. The maximum Gasteiger partial charge on any atom is 0.329 e. The van der Waals surface area contributed by atoms with Crippen LogP contribution in [0.2, 0.25) is 0 Å². The molecule has 5 aromatic rings. The molecule has 3 amide bonds. The smallest absolute Gasteiger partial charge is 0.319 e. The van der Waals surface area contributed by atoms with Crippen LogP contribution >= 0.6 is 0 Å². The number of anilines is 1. The van der Waals surface area contributed by atoms with Gasteiger partial charge in [-0.05, 0) is 56.2 Å². The van der Waals surface area contributed by atoms with E-state index in [-0.39, 0.29) is 41.7 Å². The molecule has 1 atom stereocenters. The van der Waals surface area contributed by atoms with Crippen LogP contribution in [0, 0.1) is 17.8 Å². The summed E-state index contributed by atoms with van der Waals surface area (Å²) in [5.41, 5.74) is 1.73. The van der Waals surface area contributed by atoms with Gasteiger partial charge in [0.2, 0.25) is 11.8 Å². The highest BCUT2D eigenvalue weighted by molar-refractivity contribution is 6.08. The van der Waals surface area contributed by atoms with Gasteiger partial charge in [-0.3, -0.25) is 38.4 Å². The number of hydrogen-bond donors (Lipinski definition) is 2. The summed E-state index contributed by atoms with van der Waals surface area (Å²) in [5.74, 6) is 5.67. The number of alkyl halides is 2. The average Bonchev–Trinajstić information content (AvgIpc) is 3.88. The lowest BCUT2D eigenvalue weighted by atomic mass is 9.85. The third-order valence-corrected chi connectivity index (χ3v) is 11.1. The highest BCUT2D eigenvalue weighted by Crippen LogP contribution is 2.35. The van der Waals surface area contributed by atoms with Crippen LogP contribution in [0.15, 0.2) is 53.8 Å². The minimum Gasteiger partial charge on any atom is -0.319 e. The number of imidazole rings is 1. The van der Waals surface area contributed by atoms with E-state index in [1.807, 2.05) is 12.1 Å². The predicted octanol–water partition coefficient (Wildman–Crippen LogP) is 3.15. The molecule has 2 saturated heterocycles. The minimum absolute atomic E-state index is 0.00787. The molecule has 3 fully saturated rings. The molecule has 3 aliphatic rings. The fourth-order valence-corrected chi connectivity index (χ4v) is 8.13. The number of imide groups is 1. The normalized spacial score (nSPS) is 21.2. The maximum absolute atomic E-state index is 14.0. The number of piperidine rings is 1. The van der Waals surface area contributed by atoms with Crippen LogP contribution in [0.1, 0.15) is 78.6 Å². The van der Waals surface area contributed by atoms with Crippen molar-refractivity contribution in [3.63, 3.8) is 0 Å². The fraction of sp³-hybridized carbons (Fsp3) is 0.447. The largest absolute Gasteiger partial charge is 0.329 e. The molecule has 1 saturated carbocycles. The van der Waals surface area contributed by atoms with Crippen molar-refractivity contribution >= 4 is 40.1 Å². The number of para-hydroxylation sites is 1. The molecule has 15 nitrogen and oxygen atoms in total. The number of rotatable bonds is 8. The second-order valence-electron chi connectivity index (χ2n) is 14.5. The number of amides is 3. The SMILES string of the molecule is Cn1c(=O)n(C2CCC(=O)NC2=O)c2cccc(C#CCN3CCN(CC4CCC(n5cc(NC(=O)c6cnn7cccnc67)c(C(F)F)n5)CC4)CC3)c21. The molecule has 0 radical (unpaired) electrons. The Morgan fingerprint density at radius 3 is 2.58 bits per heavy atom. The van der Waals surface area contributed by atoms with Crippen LogP contribution in [-0.4, -0.2) is 100 Å². The molecule has 4 aromatic heterocycles. The summed E-state index contributed by atoms with van der Waals surface area (Å²) in [5, 5.41) is 13.3. The Morgan fingerprint density at radius 1 is 1.04 bits per heavy atom. The quantitative estimate of drug-likeness (QED) is 0.180. The summed E-state index contributed by atoms with van der Waals surface area (Å²) in [7, 11) is 1.67. The monoisotopic (exact) mass is 753 g/mol. The first-order chi connectivity index (χ1) is 26.6. The zero-order valence-corrected chi connectivity index (χ0v) is 30.3. The summed E-state index contributed by atoms with van der Waals surface area (Å²) in [6, 6.07) is 6.41. The number of hydrogen-bond acceptors (Lipinski definition) is 9. The third kappa shape index (κ3) is 7.26. The molecule has 1 unspecified atom stereocenters. The molecule has 286 valence electrons. The zero-order valence-electron chi connectivity index (χ0n) is 30.3. The van der Waals surface area contributed by atoms with Crippen molar-refractivity contribution in [2.75, 3.05) is 44.6 Å². The van der Waals surface area contributed by atoms with Crippen LogP contribution < -0.4 is 16.3 Å². The van der Waals surface area contributed by atoms with Crippen molar-refractivity contribution in [3.8, 4) is 11.8 Å². The van der Waals surface area contributed by atoms with E-state index in [4.69, 9.17) is 0 Å². The molecule has 8 rings (SSSR count). The topological polar surface area (TPSA) is 157 Å². The molecule has 1 aromatic carbocycles. The Labute approximate surface area is 314 Å². The van der Waals surface area contributed by atoms with Gasteiger partial charge in [0.25, 0.3) is 12.3 Å². The standard InChI is InChI=1S/C38H41F2N11O4/c1-46-33-25(5-2-7-29(33)51(38(46)55)30-12-13-31(52)44-37(30)54)6-3-15-47-17-19-48(20-18-47)22-24-8-10-26(11-9-24)50-23-28(32(45-50)34(39)40)43-36(53)27-21-42-49-16-4-14-41-35(27)49/h2,4-5,7,14,16,21,23-24,26,30,34H,8-13,15,17-20,22H2,1H3,(H,43,53)(H,44,52,54). The third-order valence-electron chi connectivity index (χ3n) is 11.1. The van der Waals surface area contributed by atoms with Gasteiger partial charge in [0.05, 0.1) is 41.1 Å². The number of nitrogens with one attached hydrogen (secondary N) is 2. The number of halogens is 2. The van der Waals surface area contributed by atoms with E-state index in [1.54, 1.807) is 30.1 Å². The lowest BCUT2D eigenvalue weighted by Crippen LogP contribution is -2.48. The molecular weight excluding hydrogens is 712 g/mol. The molecule has 2 N–H and O–H groups in total. The highest BCUT2D eigenvalue weighted by atomic mass is 19.3. The van der Waals surface area contributed by atoms with Crippen molar-refractivity contribution in [1.82, 2.24) is 48.6 Å². The van der Waals surface area contributed by atoms with E-state index in [0.717, 1.165) is 58.4 Å². The predicted molar refractivity (Wildman–Crippen MR) is 197 cm³/mol. The summed E-state index contributed by atoms with van der Waals surface area (Å²) in [6.07, 6.45) is 7.21. The lowest BCUT2D eigenvalue weighted by Gasteiger charge is -2.37. The molecular formula is C38H41F2N11O4. The Morgan fingerprint density at radius 2 is 1.82 bits per heavy atom. The summed E-state index contributed by atoms with van der Waals surface area (Å²) in [6.45, 7) is 5.15. The number of carbonyl (C=O) groups excluding carboxylic acids is 3. The van der Waals surface area contributed by atoms with Gasteiger partial charge in [-0.2, -0.15) is 10.2 Å². The van der Waals surface area contributed by atoms with Crippen LogP contribution in [0.4, 0.5) is 14.5 Å². The van der Waals surface area contributed by atoms with Crippen LogP contribution in [0.25, 0.3) is 16.7 Å². The van der Waals surface area contributed by atoms with Crippen LogP contribution in [0.5, 0.6) is 0 Å². The Bertz CT molecular complexity index is 2390. The van der Waals surface area contributed by atoms with Crippen molar-refractivity contribution in [2.45, 2.75) is 57.0 Å². The number of nitrogens with zero attached hydrogens (tertiary/aromatic N) is 9. The van der Waals surface area contributed by atoms with Gasteiger partial charge in [-0.15, -0.1) is 0 Å². The van der Waals surface area contributed by atoms with Gasteiger partial charge in [0, 0.05) is 64.8 Å². The summed E-state index contributed by atoms with van der Waals surface area (Å²) in [4.78, 5) is 59.5. The van der Waals surface area contributed by atoms with E-state index in [0.29, 0.717) is 34.7 Å². The highest BCUT2D eigenvalue weighted by Gasteiger charge is 2.32. The van der Waals surface area contributed by atoms with Crippen LogP contribution in [0.3, 0.4) is 0 Å². The number of aryl methyl sites for hydroxylation is 1. The molecule has 1 aliphatic carbocycles. The van der Waals surface area contributed by atoms with Gasteiger partial charge < -0.3 is 10.2 Å². The van der Waals surface area contributed by atoms with E-state index in [9.17, 15) is 28.0 Å². The Balaban J connectivity index is 0.829. The van der Waals surface area contributed by atoms with Crippen molar-refractivity contribution in [3.05, 3.63) is 76.4 Å². The number of piperazine rings is 1. The fourth-order valence-electron chi connectivity index (χ4n) is 8.13. The second kappa shape index (κ2) is 15.2. The van der Waals surface area contributed by atoms with Crippen LogP contribution in [-0.2, 0) is 16.6 Å². The van der Waals surface area contributed by atoms with E-state index in [2.05, 4.69) is 47.5 Å². The molecule has 2 aliphatic heterocycles. The molecule has 0 bridgehead atoms. The molecule has 0 spiro atoms. The van der Waals surface area contributed by atoms with Gasteiger partial charge in [-0.1, -0.05) is 17.9 Å². The summed E-state index contributed by atoms with van der Waals surface area (Å²) < 4.78 is 34.1. The Kier molecular flexibility index (Phi) is 10.0. The van der Waals surface area contributed by atoms with Gasteiger partial charge in [0.15, 0.2) is 11.3 Å². The van der Waals surface area contributed by atoms with E-state index in [1.165, 1.54) is 32.2 Å². The average molecular weight is 754 g/mol. The number of aromatic nitrogens is 7. The van der Waals surface area contributed by atoms with Gasteiger partial charge in [0.1, 0.15) is 11.6 Å². The second-order valence-corrected chi connectivity index (χ2v) is 14.5. The van der Waals surface area contributed by atoms with E-state index >= 15 is 0 Å². The number of fused-ring (bicyclic) bond motifs is 2. The Hall–Kier alpha value is -5.73.